The molecule has 2 heterocycles. The predicted molar refractivity (Wildman–Crippen MR) is 85.5 cm³/mol. The zero-order valence-corrected chi connectivity index (χ0v) is 12.7. The van der Waals surface area contributed by atoms with Crippen LogP contribution in [-0.4, -0.2) is 40.7 Å². The summed E-state index contributed by atoms with van der Waals surface area (Å²) >= 11 is 0. The number of carboxylic acid groups (broad SMARTS) is 1. The number of rotatable bonds is 5. The molecule has 1 aliphatic rings. The number of aromatic carboxylic acids is 1. The molecule has 0 spiro atoms. The number of piperidine rings is 1. The van der Waals surface area contributed by atoms with Crippen LogP contribution in [-0.2, 0) is 0 Å². The third-order valence-corrected chi connectivity index (χ3v) is 3.96. The zero-order valence-electron chi connectivity index (χ0n) is 12.7. The molecule has 1 aliphatic heterocycles. The third kappa shape index (κ3) is 3.84. The van der Waals surface area contributed by atoms with E-state index in [9.17, 15) is 4.79 Å². The van der Waals surface area contributed by atoms with E-state index in [1.165, 1.54) is 0 Å². The summed E-state index contributed by atoms with van der Waals surface area (Å²) in [6, 6.07) is 6.65. The van der Waals surface area contributed by atoms with Gasteiger partial charge in [-0.3, -0.25) is 0 Å². The van der Waals surface area contributed by atoms with Crippen molar-refractivity contribution in [2.75, 3.05) is 19.7 Å². The number of ether oxygens (including phenoxy) is 1. The lowest BCUT2D eigenvalue weighted by Crippen LogP contribution is -2.30. The Kier molecular flexibility index (Phi) is 4.83. The molecule has 1 saturated heterocycles. The molecule has 1 fully saturated rings. The van der Waals surface area contributed by atoms with Gasteiger partial charge in [-0.1, -0.05) is 12.1 Å². The Balaban J connectivity index is 1.80. The molecule has 0 bridgehead atoms. The van der Waals surface area contributed by atoms with Crippen molar-refractivity contribution >= 4 is 5.97 Å². The van der Waals surface area contributed by atoms with Crippen LogP contribution in [0, 0.1) is 5.92 Å². The summed E-state index contributed by atoms with van der Waals surface area (Å²) in [6.45, 7) is 2.63. The van der Waals surface area contributed by atoms with Crippen molar-refractivity contribution in [2.24, 2.45) is 5.92 Å². The van der Waals surface area contributed by atoms with Gasteiger partial charge in [-0.15, -0.1) is 0 Å². The molecule has 0 radical (unpaired) electrons. The first-order chi connectivity index (χ1) is 11.2. The van der Waals surface area contributed by atoms with Crippen LogP contribution in [0.1, 0.15) is 23.2 Å². The van der Waals surface area contributed by atoms with Gasteiger partial charge in [0.25, 0.3) is 0 Å². The van der Waals surface area contributed by atoms with Crippen molar-refractivity contribution in [1.29, 1.82) is 0 Å². The first kappa shape index (κ1) is 15.4. The van der Waals surface area contributed by atoms with Gasteiger partial charge in [-0.2, -0.15) is 0 Å². The highest BCUT2D eigenvalue weighted by atomic mass is 16.5. The van der Waals surface area contributed by atoms with Gasteiger partial charge in [0.15, 0.2) is 0 Å². The van der Waals surface area contributed by atoms with Gasteiger partial charge in [-0.05, 0) is 44.0 Å². The molecular weight excluding hydrogens is 294 g/mol. The van der Waals surface area contributed by atoms with Gasteiger partial charge < -0.3 is 15.2 Å². The first-order valence-corrected chi connectivity index (χ1v) is 7.72. The van der Waals surface area contributed by atoms with Crippen molar-refractivity contribution in [3.8, 4) is 17.1 Å². The van der Waals surface area contributed by atoms with Crippen LogP contribution in [0.5, 0.6) is 5.88 Å². The molecule has 2 N–H and O–H groups in total. The second-order valence-corrected chi connectivity index (χ2v) is 5.60. The van der Waals surface area contributed by atoms with E-state index in [1.807, 2.05) is 6.07 Å². The summed E-state index contributed by atoms with van der Waals surface area (Å²) in [5, 5.41) is 12.5. The minimum Gasteiger partial charge on any atom is -0.478 e. The van der Waals surface area contributed by atoms with Gasteiger partial charge in [0.1, 0.15) is 5.69 Å². The summed E-state index contributed by atoms with van der Waals surface area (Å²) in [4.78, 5) is 19.7. The molecule has 1 aromatic heterocycles. The lowest BCUT2D eigenvalue weighted by Gasteiger charge is -2.22. The van der Waals surface area contributed by atoms with Crippen LogP contribution in [0.25, 0.3) is 11.3 Å². The summed E-state index contributed by atoms with van der Waals surface area (Å²) in [6.07, 6.45) is 5.34. The van der Waals surface area contributed by atoms with Crippen molar-refractivity contribution in [2.45, 2.75) is 12.8 Å². The highest BCUT2D eigenvalue weighted by Gasteiger charge is 2.16. The molecule has 120 valence electrons. The average molecular weight is 313 g/mol. The number of hydrogen-bond donors (Lipinski definition) is 2. The number of hydrogen-bond acceptors (Lipinski definition) is 5. The number of benzene rings is 1. The molecule has 1 aromatic carbocycles. The molecule has 0 unspecified atom stereocenters. The highest BCUT2D eigenvalue weighted by Crippen LogP contribution is 2.27. The molecule has 3 rings (SSSR count). The molecule has 0 saturated carbocycles. The number of carboxylic acids is 1. The van der Waals surface area contributed by atoms with E-state index in [2.05, 4.69) is 15.3 Å². The Morgan fingerprint density at radius 1 is 1.26 bits per heavy atom. The van der Waals surface area contributed by atoms with E-state index in [4.69, 9.17) is 9.84 Å². The normalized spacial score (nSPS) is 15.3. The molecule has 0 amide bonds. The Labute approximate surface area is 134 Å². The third-order valence-electron chi connectivity index (χ3n) is 3.96. The summed E-state index contributed by atoms with van der Waals surface area (Å²) in [5.41, 5.74) is 1.49. The van der Waals surface area contributed by atoms with Gasteiger partial charge in [0.05, 0.1) is 12.2 Å². The predicted octanol–water partition coefficient (Wildman–Crippen LogP) is 2.22. The number of nitrogens with zero attached hydrogens (tertiary/aromatic N) is 2. The zero-order chi connectivity index (χ0) is 16.1. The highest BCUT2D eigenvalue weighted by molar-refractivity contribution is 5.89. The monoisotopic (exact) mass is 313 g/mol. The topological polar surface area (TPSA) is 84.3 Å². The van der Waals surface area contributed by atoms with Crippen LogP contribution in [0.3, 0.4) is 0 Å². The van der Waals surface area contributed by atoms with Crippen LogP contribution in [0.15, 0.2) is 36.7 Å². The van der Waals surface area contributed by atoms with Crippen LogP contribution >= 0.6 is 0 Å². The van der Waals surface area contributed by atoms with Crippen LogP contribution in [0.4, 0.5) is 0 Å². The Bertz CT molecular complexity index is 684. The van der Waals surface area contributed by atoms with Crippen LogP contribution in [0.2, 0.25) is 0 Å². The fraction of sp³-hybridized carbons (Fsp3) is 0.353. The molecule has 0 aliphatic carbocycles. The standard InChI is InChI=1S/C17H19N3O3/c21-17(22)14-3-1-2-13(10-14)15-16(20-9-8-19-15)23-11-12-4-6-18-7-5-12/h1-3,8-10,12,18H,4-7,11H2,(H,21,22). The minimum atomic E-state index is -0.965. The molecule has 0 atom stereocenters. The number of nitrogens with one attached hydrogen (secondary N) is 1. The fourth-order valence-corrected chi connectivity index (χ4v) is 2.67. The van der Waals surface area contributed by atoms with Crippen molar-refractivity contribution in [1.82, 2.24) is 15.3 Å². The van der Waals surface area contributed by atoms with E-state index in [0.717, 1.165) is 25.9 Å². The summed E-state index contributed by atoms with van der Waals surface area (Å²) < 4.78 is 5.88. The van der Waals surface area contributed by atoms with E-state index < -0.39 is 5.97 Å². The SMILES string of the molecule is O=C(O)c1cccc(-c2nccnc2OCC2CCNCC2)c1. The lowest BCUT2D eigenvalue weighted by atomic mass is 9.99. The number of carbonyl (C=O) groups is 1. The maximum Gasteiger partial charge on any atom is 0.335 e. The Morgan fingerprint density at radius 2 is 2.04 bits per heavy atom. The largest absolute Gasteiger partial charge is 0.478 e. The van der Waals surface area contributed by atoms with Crippen LogP contribution < -0.4 is 10.1 Å². The van der Waals surface area contributed by atoms with Gasteiger partial charge in [0.2, 0.25) is 5.88 Å². The van der Waals surface area contributed by atoms with Crippen molar-refractivity contribution < 1.29 is 14.6 Å². The lowest BCUT2D eigenvalue weighted by molar-refractivity contribution is 0.0697. The summed E-state index contributed by atoms with van der Waals surface area (Å²) in [5.74, 6) is -0.00190. The smallest absolute Gasteiger partial charge is 0.335 e. The van der Waals surface area contributed by atoms with Gasteiger partial charge in [-0.25, -0.2) is 14.8 Å². The molecule has 6 heteroatoms. The summed E-state index contributed by atoms with van der Waals surface area (Å²) in [7, 11) is 0. The first-order valence-electron chi connectivity index (χ1n) is 7.72. The van der Waals surface area contributed by atoms with Gasteiger partial charge >= 0.3 is 5.97 Å². The Morgan fingerprint density at radius 3 is 2.83 bits per heavy atom. The maximum absolute atomic E-state index is 11.1. The second-order valence-electron chi connectivity index (χ2n) is 5.60. The van der Waals surface area contributed by atoms with E-state index >= 15 is 0 Å². The van der Waals surface area contributed by atoms with Gasteiger partial charge in [0, 0.05) is 18.0 Å². The molecule has 2 aromatic rings. The average Bonchev–Trinajstić information content (AvgIpc) is 2.61. The van der Waals surface area contributed by atoms with E-state index in [1.54, 1.807) is 30.6 Å². The molecule has 6 nitrogen and oxygen atoms in total. The van der Waals surface area contributed by atoms with Crippen molar-refractivity contribution in [3.05, 3.63) is 42.2 Å². The maximum atomic E-state index is 11.1. The fourth-order valence-electron chi connectivity index (χ4n) is 2.67. The van der Waals surface area contributed by atoms with Crippen molar-refractivity contribution in [3.63, 3.8) is 0 Å². The Hall–Kier alpha value is -2.47. The van der Waals surface area contributed by atoms with E-state index in [-0.39, 0.29) is 5.56 Å². The quantitative estimate of drug-likeness (QED) is 0.880. The molecule has 23 heavy (non-hydrogen) atoms. The second kappa shape index (κ2) is 7.19. The minimum absolute atomic E-state index is 0.220. The number of aromatic nitrogens is 2. The van der Waals surface area contributed by atoms with E-state index in [0.29, 0.717) is 29.7 Å². The molecular formula is C17H19N3O3.